The number of ether oxygens (including phenoxy) is 1. The second-order valence-corrected chi connectivity index (χ2v) is 8.35. The van der Waals surface area contributed by atoms with Gasteiger partial charge in [-0.05, 0) is 52.5 Å². The molecule has 2 aliphatic rings. The lowest BCUT2D eigenvalue weighted by atomic mass is 10.0. The van der Waals surface area contributed by atoms with Crippen LogP contribution < -0.4 is 4.74 Å². The van der Waals surface area contributed by atoms with E-state index in [9.17, 15) is 4.39 Å². The van der Waals surface area contributed by atoms with Crippen LogP contribution in [0.2, 0.25) is 0 Å². The minimum Gasteiger partial charge on any atom is -0.457 e. The van der Waals surface area contributed by atoms with Gasteiger partial charge in [0.1, 0.15) is 23.1 Å². The van der Waals surface area contributed by atoms with Crippen LogP contribution in [-0.4, -0.2) is 9.55 Å². The maximum Gasteiger partial charge on any atom is 0.139 e. The molecule has 6 rings (SSSR count). The Morgan fingerprint density at radius 1 is 1.04 bits per heavy atom. The van der Waals surface area contributed by atoms with Crippen molar-refractivity contribution in [2.24, 2.45) is 5.92 Å². The number of rotatable bonds is 3. The lowest BCUT2D eigenvalue weighted by Crippen LogP contribution is -2.11. The Kier molecular flexibility index (Phi) is 3.45. The molecule has 0 radical (unpaired) electrons. The molecule has 1 aliphatic heterocycles. The molecule has 28 heavy (non-hydrogen) atoms. The second-order valence-electron chi connectivity index (χ2n) is 7.50. The van der Waals surface area contributed by atoms with Crippen LogP contribution in [-0.2, 0) is 0 Å². The van der Waals surface area contributed by atoms with Crippen LogP contribution in [0.1, 0.15) is 29.8 Å². The second kappa shape index (κ2) is 5.92. The van der Waals surface area contributed by atoms with E-state index in [1.54, 1.807) is 0 Å². The molecule has 3 nitrogen and oxygen atoms in total. The summed E-state index contributed by atoms with van der Waals surface area (Å²) < 4.78 is 23.0. The number of aromatic nitrogens is 2. The molecule has 1 fully saturated rings. The quantitative estimate of drug-likeness (QED) is 0.371. The topological polar surface area (TPSA) is 27.1 Å². The van der Waals surface area contributed by atoms with Gasteiger partial charge in [-0.2, -0.15) is 0 Å². The molecule has 3 unspecified atom stereocenters. The molecule has 1 saturated carbocycles. The third-order valence-electron chi connectivity index (χ3n) is 5.82. The molecule has 0 N–H and O–H groups in total. The minimum absolute atomic E-state index is 0.155. The molecular formula is C23H16BrFN2O. The van der Waals surface area contributed by atoms with Gasteiger partial charge in [0.05, 0.1) is 21.5 Å². The van der Waals surface area contributed by atoms with Crippen LogP contribution in [0.3, 0.4) is 0 Å². The Labute approximate surface area is 169 Å². The highest BCUT2D eigenvalue weighted by molar-refractivity contribution is 9.10. The number of hydrogen-bond donors (Lipinski definition) is 0. The van der Waals surface area contributed by atoms with Crippen LogP contribution in [0.4, 0.5) is 4.39 Å². The molecule has 5 heteroatoms. The summed E-state index contributed by atoms with van der Waals surface area (Å²) in [6.45, 7) is 0. The third kappa shape index (κ3) is 2.35. The van der Waals surface area contributed by atoms with Crippen molar-refractivity contribution in [3.8, 4) is 11.5 Å². The van der Waals surface area contributed by atoms with Crippen molar-refractivity contribution >= 4 is 27.0 Å². The molecule has 0 bridgehead atoms. The fourth-order valence-electron chi connectivity index (χ4n) is 4.52. The van der Waals surface area contributed by atoms with Gasteiger partial charge in [-0.3, -0.25) is 0 Å². The normalized spacial score (nSPS) is 22.1. The van der Waals surface area contributed by atoms with E-state index in [1.807, 2.05) is 48.5 Å². The van der Waals surface area contributed by atoms with Crippen molar-refractivity contribution in [1.82, 2.24) is 9.55 Å². The van der Waals surface area contributed by atoms with Crippen LogP contribution in [0.15, 0.2) is 71.2 Å². The van der Waals surface area contributed by atoms with E-state index in [4.69, 9.17) is 9.72 Å². The SMILES string of the molecule is Fc1cc2nc3n(c2cc1Br)C(c1ccccc1Oc1ccccc1)C1CC31. The number of imidazole rings is 1. The monoisotopic (exact) mass is 434 g/mol. The average molecular weight is 435 g/mol. The minimum atomic E-state index is -0.277. The van der Waals surface area contributed by atoms with Gasteiger partial charge in [0, 0.05) is 17.5 Å². The summed E-state index contributed by atoms with van der Waals surface area (Å²) in [4.78, 5) is 4.77. The molecule has 3 aromatic carbocycles. The van der Waals surface area contributed by atoms with Crippen LogP contribution in [0, 0.1) is 11.7 Å². The molecule has 2 heterocycles. The highest BCUT2D eigenvalue weighted by Gasteiger charge is 2.55. The van der Waals surface area contributed by atoms with Crippen molar-refractivity contribution in [3.63, 3.8) is 0 Å². The Morgan fingerprint density at radius 3 is 2.68 bits per heavy atom. The Bertz CT molecular complexity index is 1220. The first-order valence-electron chi connectivity index (χ1n) is 9.39. The van der Waals surface area contributed by atoms with Gasteiger partial charge in [0.15, 0.2) is 0 Å². The van der Waals surface area contributed by atoms with Gasteiger partial charge < -0.3 is 9.30 Å². The molecule has 138 valence electrons. The predicted molar refractivity (Wildman–Crippen MR) is 109 cm³/mol. The third-order valence-corrected chi connectivity index (χ3v) is 6.43. The molecule has 3 atom stereocenters. The van der Waals surface area contributed by atoms with Gasteiger partial charge in [-0.15, -0.1) is 0 Å². The van der Waals surface area contributed by atoms with Crippen molar-refractivity contribution in [2.75, 3.05) is 0 Å². The zero-order chi connectivity index (χ0) is 18.8. The van der Waals surface area contributed by atoms with Gasteiger partial charge in [-0.1, -0.05) is 36.4 Å². The smallest absolute Gasteiger partial charge is 0.139 e. The van der Waals surface area contributed by atoms with E-state index in [0.717, 1.165) is 34.8 Å². The molecule has 1 aliphatic carbocycles. The predicted octanol–water partition coefficient (Wildman–Crippen LogP) is 6.44. The standard InChI is InChI=1S/C23H16BrFN2O/c24-17-11-20-19(12-18(17)25)26-23-16-10-15(16)22(27(20)23)14-8-4-5-9-21(14)28-13-6-2-1-3-7-13/h1-9,11-12,15-16,22H,10H2. The molecular weight excluding hydrogens is 419 g/mol. The number of para-hydroxylation sites is 2. The van der Waals surface area contributed by atoms with E-state index in [2.05, 4.69) is 32.6 Å². The summed E-state index contributed by atoms with van der Waals surface area (Å²) in [7, 11) is 0. The molecule has 0 saturated heterocycles. The summed E-state index contributed by atoms with van der Waals surface area (Å²) >= 11 is 3.33. The zero-order valence-corrected chi connectivity index (χ0v) is 16.4. The van der Waals surface area contributed by atoms with Gasteiger partial charge >= 0.3 is 0 Å². The average Bonchev–Trinajstić information content (AvgIpc) is 3.32. The number of fused-ring (bicyclic) bond motifs is 5. The highest BCUT2D eigenvalue weighted by atomic mass is 79.9. The molecule has 0 amide bonds. The molecule has 1 aromatic heterocycles. The zero-order valence-electron chi connectivity index (χ0n) is 14.8. The Morgan fingerprint density at radius 2 is 1.82 bits per heavy atom. The number of halogens is 2. The fourth-order valence-corrected chi connectivity index (χ4v) is 4.85. The lowest BCUT2D eigenvalue weighted by Gasteiger charge is -2.21. The summed E-state index contributed by atoms with van der Waals surface area (Å²) in [6.07, 6.45) is 1.12. The maximum atomic E-state index is 14.0. The maximum absolute atomic E-state index is 14.0. The van der Waals surface area contributed by atoms with Gasteiger partial charge in [-0.25, -0.2) is 9.37 Å². The summed E-state index contributed by atoms with van der Waals surface area (Å²) in [5.74, 6) is 3.44. The first-order valence-corrected chi connectivity index (χ1v) is 10.2. The van der Waals surface area contributed by atoms with E-state index in [1.165, 1.54) is 6.07 Å². The van der Waals surface area contributed by atoms with Crippen molar-refractivity contribution in [2.45, 2.75) is 18.4 Å². The Balaban J connectivity index is 1.51. The van der Waals surface area contributed by atoms with Crippen LogP contribution in [0.5, 0.6) is 11.5 Å². The first-order chi connectivity index (χ1) is 13.7. The van der Waals surface area contributed by atoms with E-state index < -0.39 is 0 Å². The number of benzene rings is 3. The summed E-state index contributed by atoms with van der Waals surface area (Å²) in [6, 6.07) is 21.6. The first kappa shape index (κ1) is 16.3. The van der Waals surface area contributed by atoms with Crippen molar-refractivity contribution in [1.29, 1.82) is 0 Å². The van der Waals surface area contributed by atoms with E-state index in [-0.39, 0.29) is 11.9 Å². The summed E-state index contributed by atoms with van der Waals surface area (Å²) in [5.41, 5.74) is 2.83. The Hall–Kier alpha value is -2.66. The molecule has 4 aromatic rings. The van der Waals surface area contributed by atoms with Gasteiger partial charge in [0.2, 0.25) is 0 Å². The molecule has 0 spiro atoms. The fraction of sp³-hybridized carbons (Fsp3) is 0.174. The number of nitrogens with zero attached hydrogens (tertiary/aromatic N) is 2. The largest absolute Gasteiger partial charge is 0.457 e. The lowest BCUT2D eigenvalue weighted by molar-refractivity contribution is 0.457. The van der Waals surface area contributed by atoms with Crippen molar-refractivity contribution in [3.05, 3.63) is 88.4 Å². The van der Waals surface area contributed by atoms with Crippen LogP contribution in [0.25, 0.3) is 11.0 Å². The summed E-state index contributed by atoms with van der Waals surface area (Å²) in [5, 5.41) is 0. The highest BCUT2D eigenvalue weighted by Crippen LogP contribution is 2.63. The van der Waals surface area contributed by atoms with E-state index in [0.29, 0.717) is 21.8 Å². The van der Waals surface area contributed by atoms with E-state index >= 15 is 0 Å². The van der Waals surface area contributed by atoms with Crippen molar-refractivity contribution < 1.29 is 9.13 Å². The van der Waals surface area contributed by atoms with Gasteiger partial charge in [0.25, 0.3) is 0 Å². The number of hydrogen-bond acceptors (Lipinski definition) is 2. The van der Waals surface area contributed by atoms with Crippen LogP contribution >= 0.6 is 15.9 Å².